The zero-order chi connectivity index (χ0) is 44.4. The van der Waals surface area contributed by atoms with Crippen LogP contribution in [0, 0.1) is 0 Å². The number of hydrogen-bond acceptors (Lipinski definition) is 6. The lowest BCUT2D eigenvalue weighted by molar-refractivity contribution is -0.167. The first kappa shape index (κ1) is 57.6. The van der Waals surface area contributed by atoms with Gasteiger partial charge in [-0.3, -0.25) is 14.4 Å². The molecule has 0 amide bonds. The number of carbonyl (C=O) groups is 3. The van der Waals surface area contributed by atoms with Crippen LogP contribution in [0.15, 0.2) is 85.1 Å². The molecule has 0 aromatic carbocycles. The monoisotopic (exact) mass is 849 g/mol. The van der Waals surface area contributed by atoms with Gasteiger partial charge in [-0.05, 0) is 96.3 Å². The molecule has 0 radical (unpaired) electrons. The third-order valence-electron chi connectivity index (χ3n) is 10.4. The van der Waals surface area contributed by atoms with Crippen molar-refractivity contribution in [2.45, 2.75) is 232 Å². The van der Waals surface area contributed by atoms with E-state index in [4.69, 9.17) is 14.2 Å². The maximum atomic E-state index is 12.7. The summed E-state index contributed by atoms with van der Waals surface area (Å²) in [6.07, 6.45) is 63.1. The van der Waals surface area contributed by atoms with E-state index in [1.807, 2.05) is 0 Å². The molecule has 1 unspecified atom stereocenters. The van der Waals surface area contributed by atoms with Crippen LogP contribution in [0.2, 0.25) is 0 Å². The van der Waals surface area contributed by atoms with Gasteiger partial charge < -0.3 is 14.2 Å². The second kappa shape index (κ2) is 49.2. The normalized spacial score (nSPS) is 12.8. The van der Waals surface area contributed by atoms with Gasteiger partial charge in [0.15, 0.2) is 6.10 Å². The molecular weight excluding hydrogens is 757 g/mol. The van der Waals surface area contributed by atoms with Gasteiger partial charge in [0.1, 0.15) is 13.2 Å². The summed E-state index contributed by atoms with van der Waals surface area (Å²) in [5, 5.41) is 0. The molecule has 348 valence electrons. The fraction of sp³-hybridized carbons (Fsp3) is 0.691. The first-order chi connectivity index (χ1) is 30.0. The Morgan fingerprint density at radius 1 is 0.344 bits per heavy atom. The van der Waals surface area contributed by atoms with Gasteiger partial charge in [0.2, 0.25) is 0 Å². The summed E-state index contributed by atoms with van der Waals surface area (Å²) < 4.78 is 16.6. The minimum atomic E-state index is -0.785. The Kier molecular flexibility index (Phi) is 46.5. The minimum absolute atomic E-state index is 0.0877. The van der Waals surface area contributed by atoms with Crippen LogP contribution in [0.25, 0.3) is 0 Å². The minimum Gasteiger partial charge on any atom is -0.462 e. The van der Waals surface area contributed by atoms with Crippen LogP contribution >= 0.6 is 0 Å². The molecule has 0 aromatic rings. The van der Waals surface area contributed by atoms with Gasteiger partial charge in [0.05, 0.1) is 0 Å². The van der Waals surface area contributed by atoms with E-state index in [-0.39, 0.29) is 31.1 Å². The Labute approximate surface area is 375 Å². The van der Waals surface area contributed by atoms with Crippen LogP contribution in [-0.2, 0) is 28.6 Å². The first-order valence-electron chi connectivity index (χ1n) is 25.1. The summed E-state index contributed by atoms with van der Waals surface area (Å²) in [6.45, 7) is 6.38. The van der Waals surface area contributed by atoms with Gasteiger partial charge in [-0.2, -0.15) is 0 Å². The second-order valence-electron chi connectivity index (χ2n) is 16.3. The first-order valence-corrected chi connectivity index (χ1v) is 25.1. The number of hydrogen-bond donors (Lipinski definition) is 0. The third kappa shape index (κ3) is 47.5. The van der Waals surface area contributed by atoms with Gasteiger partial charge >= 0.3 is 17.9 Å². The lowest BCUT2D eigenvalue weighted by Gasteiger charge is -2.18. The molecule has 0 bridgehead atoms. The summed E-state index contributed by atoms with van der Waals surface area (Å²) in [5.74, 6) is -0.932. The predicted octanol–water partition coefficient (Wildman–Crippen LogP) is 16.4. The van der Waals surface area contributed by atoms with E-state index in [2.05, 4.69) is 106 Å². The molecule has 0 aliphatic heterocycles. The number of rotatable bonds is 44. The van der Waals surface area contributed by atoms with Crippen LogP contribution in [0.5, 0.6) is 0 Å². The highest BCUT2D eigenvalue weighted by Gasteiger charge is 2.19. The molecule has 0 saturated carbocycles. The zero-order valence-electron chi connectivity index (χ0n) is 39.7. The highest BCUT2D eigenvalue weighted by molar-refractivity contribution is 5.71. The largest absolute Gasteiger partial charge is 0.462 e. The number of allylic oxidation sites excluding steroid dienone is 14. The van der Waals surface area contributed by atoms with Crippen molar-refractivity contribution in [1.29, 1.82) is 0 Å². The molecule has 0 aliphatic rings. The number of unbranched alkanes of at least 4 members (excludes halogenated alkanes) is 19. The van der Waals surface area contributed by atoms with Crippen molar-refractivity contribution in [1.82, 2.24) is 0 Å². The standard InChI is InChI=1S/C55H92O6/c1-4-7-10-13-15-17-19-21-23-25-26-27-28-30-31-33-35-37-39-42-45-48-54(57)60-51-52(50-59-53(56)47-44-41-12-9-6-3)61-55(58)49-46-43-40-38-36-34-32-29-24-22-20-18-16-14-11-8-5-2/h7,10,15-18,21-24,26-27,30-31,52H,4-6,8-9,11-14,19-20,25,28-29,32-51H2,1-3H3/b10-7-,17-15-,18-16-,23-21-,24-22-,27-26-,31-30-. The zero-order valence-corrected chi connectivity index (χ0v) is 39.7. The van der Waals surface area contributed by atoms with Gasteiger partial charge in [-0.1, -0.05) is 196 Å². The van der Waals surface area contributed by atoms with E-state index < -0.39 is 6.10 Å². The Morgan fingerprint density at radius 2 is 0.639 bits per heavy atom. The smallest absolute Gasteiger partial charge is 0.306 e. The highest BCUT2D eigenvalue weighted by atomic mass is 16.6. The fourth-order valence-electron chi connectivity index (χ4n) is 6.61. The molecule has 0 N–H and O–H groups in total. The molecule has 0 spiro atoms. The van der Waals surface area contributed by atoms with Crippen LogP contribution < -0.4 is 0 Å². The summed E-state index contributed by atoms with van der Waals surface area (Å²) >= 11 is 0. The van der Waals surface area contributed by atoms with E-state index in [1.165, 1.54) is 57.8 Å². The van der Waals surface area contributed by atoms with Crippen molar-refractivity contribution in [3.8, 4) is 0 Å². The maximum Gasteiger partial charge on any atom is 0.306 e. The highest BCUT2D eigenvalue weighted by Crippen LogP contribution is 2.13. The van der Waals surface area contributed by atoms with E-state index in [0.717, 1.165) is 128 Å². The van der Waals surface area contributed by atoms with Crippen molar-refractivity contribution < 1.29 is 28.6 Å². The molecule has 61 heavy (non-hydrogen) atoms. The molecule has 6 nitrogen and oxygen atoms in total. The second-order valence-corrected chi connectivity index (χ2v) is 16.3. The number of carbonyl (C=O) groups excluding carboxylic acids is 3. The van der Waals surface area contributed by atoms with Gasteiger partial charge in [-0.15, -0.1) is 0 Å². The van der Waals surface area contributed by atoms with Crippen molar-refractivity contribution in [3.05, 3.63) is 85.1 Å². The maximum absolute atomic E-state index is 12.7. The third-order valence-corrected chi connectivity index (χ3v) is 10.4. The fourth-order valence-corrected chi connectivity index (χ4v) is 6.61. The average molecular weight is 849 g/mol. The number of ether oxygens (including phenoxy) is 3. The SMILES string of the molecule is CC/C=C\C/C=C\C/C=C\C/C=C\C/C=C\CCCCCCCC(=O)OCC(COC(=O)CCCCCCC)OC(=O)CCCCCCCCC/C=C\C/C=C\CCCCC. The lowest BCUT2D eigenvalue weighted by Crippen LogP contribution is -2.30. The van der Waals surface area contributed by atoms with E-state index in [0.29, 0.717) is 19.3 Å². The summed E-state index contributed by atoms with van der Waals surface area (Å²) in [5.41, 5.74) is 0. The Bertz CT molecular complexity index is 1200. The molecule has 0 aliphatic carbocycles. The Balaban J connectivity index is 4.24. The summed E-state index contributed by atoms with van der Waals surface area (Å²) in [6, 6.07) is 0. The van der Waals surface area contributed by atoms with E-state index in [1.54, 1.807) is 0 Å². The van der Waals surface area contributed by atoms with Crippen LogP contribution in [0.4, 0.5) is 0 Å². The summed E-state index contributed by atoms with van der Waals surface area (Å²) in [4.78, 5) is 37.6. The molecular formula is C55H92O6. The molecule has 0 aromatic heterocycles. The van der Waals surface area contributed by atoms with Crippen LogP contribution in [0.1, 0.15) is 226 Å². The molecule has 0 fully saturated rings. The molecule has 0 saturated heterocycles. The lowest BCUT2D eigenvalue weighted by atomic mass is 10.1. The van der Waals surface area contributed by atoms with Gasteiger partial charge in [0.25, 0.3) is 0 Å². The van der Waals surface area contributed by atoms with Gasteiger partial charge in [-0.25, -0.2) is 0 Å². The molecule has 6 heteroatoms. The van der Waals surface area contributed by atoms with E-state index in [9.17, 15) is 14.4 Å². The quantitative estimate of drug-likeness (QED) is 0.0263. The van der Waals surface area contributed by atoms with Crippen LogP contribution in [-0.4, -0.2) is 37.2 Å². The van der Waals surface area contributed by atoms with Crippen LogP contribution in [0.3, 0.4) is 0 Å². The molecule has 0 heterocycles. The Morgan fingerprint density at radius 3 is 1.03 bits per heavy atom. The average Bonchev–Trinajstić information content (AvgIpc) is 3.26. The number of esters is 3. The summed E-state index contributed by atoms with van der Waals surface area (Å²) in [7, 11) is 0. The Hall–Kier alpha value is -3.41. The topological polar surface area (TPSA) is 78.9 Å². The molecule has 0 rings (SSSR count). The molecule has 1 atom stereocenters. The van der Waals surface area contributed by atoms with Crippen molar-refractivity contribution in [3.63, 3.8) is 0 Å². The predicted molar refractivity (Wildman–Crippen MR) is 261 cm³/mol. The van der Waals surface area contributed by atoms with Crippen molar-refractivity contribution in [2.24, 2.45) is 0 Å². The van der Waals surface area contributed by atoms with Crippen molar-refractivity contribution >= 4 is 17.9 Å². The van der Waals surface area contributed by atoms with Crippen molar-refractivity contribution in [2.75, 3.05) is 13.2 Å². The van der Waals surface area contributed by atoms with Gasteiger partial charge in [0, 0.05) is 19.3 Å². The van der Waals surface area contributed by atoms with E-state index >= 15 is 0 Å².